The minimum Gasteiger partial charge on any atom is -0.493 e. The van der Waals surface area contributed by atoms with Crippen LogP contribution in [0.25, 0.3) is 0 Å². The number of hydrogen-bond acceptors (Lipinski definition) is 7. The minimum atomic E-state index is -0.413. The number of ketones is 1. The van der Waals surface area contributed by atoms with Crippen molar-refractivity contribution < 1.29 is 28.5 Å². The predicted octanol–water partition coefficient (Wildman–Crippen LogP) is 3.29. The zero-order chi connectivity index (χ0) is 21.4. The Labute approximate surface area is 182 Å². The molecule has 0 N–H and O–H groups in total. The first kappa shape index (κ1) is 20.5. The second-order valence-electron chi connectivity index (χ2n) is 8.96. The Morgan fingerprint density at radius 3 is 2.61 bits per heavy atom. The molecule has 4 unspecified atom stereocenters. The van der Waals surface area contributed by atoms with Crippen molar-refractivity contribution in [2.24, 2.45) is 11.8 Å². The van der Waals surface area contributed by atoms with E-state index in [1.54, 1.807) is 24.3 Å². The van der Waals surface area contributed by atoms with Crippen molar-refractivity contribution >= 4 is 11.8 Å². The van der Waals surface area contributed by atoms with Crippen molar-refractivity contribution in [3.63, 3.8) is 0 Å². The van der Waals surface area contributed by atoms with E-state index < -0.39 is 5.97 Å². The molecule has 7 heteroatoms. The zero-order valence-electron chi connectivity index (χ0n) is 17.8. The summed E-state index contributed by atoms with van der Waals surface area (Å²) in [6, 6.07) is 7.13. The van der Waals surface area contributed by atoms with Crippen LogP contribution >= 0.6 is 0 Å². The number of Topliss-reactive ketones (excluding diaryl/α,β-unsaturated/α-hetero) is 1. The fourth-order valence-electron chi connectivity index (χ4n) is 5.53. The Bertz CT molecular complexity index is 859. The molecule has 4 aliphatic rings. The van der Waals surface area contributed by atoms with E-state index in [2.05, 4.69) is 4.90 Å². The summed E-state index contributed by atoms with van der Waals surface area (Å²) >= 11 is 0. The van der Waals surface area contributed by atoms with Gasteiger partial charge >= 0.3 is 5.97 Å². The number of allylic oxidation sites excluding steroid dienone is 1. The molecule has 166 valence electrons. The van der Waals surface area contributed by atoms with Crippen LogP contribution in [0.3, 0.4) is 0 Å². The first-order valence-corrected chi connectivity index (χ1v) is 11.3. The van der Waals surface area contributed by atoms with Gasteiger partial charge in [0, 0.05) is 18.5 Å². The number of carbonyl (C=O) groups excluding carboxylic acids is 2. The molecule has 4 atom stereocenters. The highest BCUT2D eigenvalue weighted by Crippen LogP contribution is 2.41. The highest BCUT2D eigenvalue weighted by molar-refractivity contribution is 5.96. The largest absolute Gasteiger partial charge is 0.493 e. The van der Waals surface area contributed by atoms with Gasteiger partial charge in [-0.15, -0.1) is 0 Å². The van der Waals surface area contributed by atoms with E-state index in [4.69, 9.17) is 18.9 Å². The standard InChI is InChI=1S/C24H29NO6/c1-28-24(27)15-6-8-17(9-7-15)31-21-13-29-23-18(22(21)26)10-11-20-19(23)12-25(14-30-20)16-4-2-3-5-16/h6-9,13,16,18-20,23H,2-5,10-12,14H2,1H3. The number of fused-ring (bicyclic) bond motifs is 3. The van der Waals surface area contributed by atoms with E-state index >= 15 is 0 Å². The van der Waals surface area contributed by atoms with Crippen LogP contribution in [0.1, 0.15) is 48.9 Å². The van der Waals surface area contributed by atoms with Crippen LogP contribution in [0, 0.1) is 11.8 Å². The molecule has 1 aromatic rings. The van der Waals surface area contributed by atoms with Crippen molar-refractivity contribution in [3.8, 4) is 5.75 Å². The molecule has 2 aliphatic heterocycles. The summed E-state index contributed by atoms with van der Waals surface area (Å²) in [6.45, 7) is 1.63. The number of ether oxygens (including phenoxy) is 4. The summed E-state index contributed by atoms with van der Waals surface area (Å²) in [5.74, 6) is 0.275. The van der Waals surface area contributed by atoms with E-state index in [1.807, 2.05) is 0 Å². The molecule has 7 nitrogen and oxygen atoms in total. The number of hydrogen-bond donors (Lipinski definition) is 0. The second-order valence-corrected chi connectivity index (χ2v) is 8.96. The summed E-state index contributed by atoms with van der Waals surface area (Å²) in [7, 11) is 1.34. The van der Waals surface area contributed by atoms with Gasteiger partial charge < -0.3 is 18.9 Å². The SMILES string of the molecule is COC(=O)c1ccc(OC2=COC3C(CCC4OCN(C5CCCC5)CC43)C2=O)cc1. The lowest BCUT2D eigenvalue weighted by Crippen LogP contribution is -2.58. The Hall–Kier alpha value is -2.38. The van der Waals surface area contributed by atoms with Crippen LogP contribution in [0.4, 0.5) is 0 Å². The lowest BCUT2D eigenvalue weighted by atomic mass is 9.73. The Balaban J connectivity index is 1.28. The van der Waals surface area contributed by atoms with Crippen LogP contribution in [0.15, 0.2) is 36.3 Å². The molecule has 3 fully saturated rings. The van der Waals surface area contributed by atoms with Gasteiger partial charge in [-0.2, -0.15) is 0 Å². The van der Waals surface area contributed by atoms with Crippen LogP contribution in [-0.2, 0) is 19.0 Å². The Morgan fingerprint density at radius 1 is 1.10 bits per heavy atom. The number of rotatable bonds is 4. The Morgan fingerprint density at radius 2 is 1.87 bits per heavy atom. The topological polar surface area (TPSA) is 74.3 Å². The molecule has 2 aliphatic carbocycles. The van der Waals surface area contributed by atoms with Gasteiger partial charge in [0.25, 0.3) is 0 Å². The summed E-state index contributed by atoms with van der Waals surface area (Å²) in [4.78, 5) is 27.2. The van der Waals surface area contributed by atoms with Crippen LogP contribution in [0.2, 0.25) is 0 Å². The molecular formula is C24H29NO6. The van der Waals surface area contributed by atoms with Crippen LogP contribution < -0.4 is 4.74 Å². The molecule has 1 saturated heterocycles. The molecule has 5 rings (SSSR count). The van der Waals surface area contributed by atoms with E-state index in [0.717, 1.165) is 19.4 Å². The molecular weight excluding hydrogens is 398 g/mol. The highest BCUT2D eigenvalue weighted by atomic mass is 16.5. The van der Waals surface area contributed by atoms with Gasteiger partial charge in [0.2, 0.25) is 11.5 Å². The minimum absolute atomic E-state index is 0.00951. The summed E-state index contributed by atoms with van der Waals surface area (Å²) < 4.78 is 22.8. The van der Waals surface area contributed by atoms with Crippen molar-refractivity contribution in [1.82, 2.24) is 4.90 Å². The van der Waals surface area contributed by atoms with Gasteiger partial charge in [-0.25, -0.2) is 4.79 Å². The highest BCUT2D eigenvalue weighted by Gasteiger charge is 2.50. The number of nitrogens with zero attached hydrogens (tertiary/aromatic N) is 1. The third kappa shape index (κ3) is 3.96. The monoisotopic (exact) mass is 427 g/mol. The predicted molar refractivity (Wildman–Crippen MR) is 111 cm³/mol. The van der Waals surface area contributed by atoms with Gasteiger partial charge in [0.15, 0.2) is 0 Å². The molecule has 0 aromatic heterocycles. The van der Waals surface area contributed by atoms with Crippen molar-refractivity contribution in [2.45, 2.75) is 56.8 Å². The fourth-order valence-corrected chi connectivity index (χ4v) is 5.53. The summed E-state index contributed by atoms with van der Waals surface area (Å²) in [5, 5.41) is 0. The molecule has 0 radical (unpaired) electrons. The number of benzene rings is 1. The normalized spacial score (nSPS) is 31.3. The third-order valence-corrected chi connectivity index (χ3v) is 7.21. The smallest absolute Gasteiger partial charge is 0.337 e. The van der Waals surface area contributed by atoms with Crippen molar-refractivity contribution in [2.75, 3.05) is 20.4 Å². The molecule has 0 bridgehead atoms. The van der Waals surface area contributed by atoms with Gasteiger partial charge in [0.05, 0.1) is 31.4 Å². The van der Waals surface area contributed by atoms with E-state index in [-0.39, 0.29) is 35.6 Å². The van der Waals surface area contributed by atoms with Crippen LogP contribution in [-0.4, -0.2) is 55.3 Å². The first-order chi connectivity index (χ1) is 15.1. The second kappa shape index (κ2) is 8.63. The molecule has 2 heterocycles. The van der Waals surface area contributed by atoms with Crippen LogP contribution in [0.5, 0.6) is 5.75 Å². The van der Waals surface area contributed by atoms with Gasteiger partial charge in [-0.3, -0.25) is 9.69 Å². The van der Waals surface area contributed by atoms with E-state index in [0.29, 0.717) is 24.1 Å². The number of esters is 1. The first-order valence-electron chi connectivity index (χ1n) is 11.3. The molecule has 31 heavy (non-hydrogen) atoms. The average molecular weight is 427 g/mol. The summed E-state index contributed by atoms with van der Waals surface area (Å²) in [6.07, 6.45) is 8.15. The maximum absolute atomic E-state index is 13.2. The molecule has 1 aromatic carbocycles. The molecule has 0 amide bonds. The third-order valence-electron chi connectivity index (χ3n) is 7.21. The average Bonchev–Trinajstić information content (AvgIpc) is 3.35. The van der Waals surface area contributed by atoms with Gasteiger partial charge in [0.1, 0.15) is 18.1 Å². The summed E-state index contributed by atoms with van der Waals surface area (Å²) in [5.41, 5.74) is 0.428. The lowest BCUT2D eigenvalue weighted by Gasteiger charge is -2.49. The lowest BCUT2D eigenvalue weighted by molar-refractivity contribution is -0.179. The van der Waals surface area contributed by atoms with Crippen molar-refractivity contribution in [1.29, 1.82) is 0 Å². The van der Waals surface area contributed by atoms with Gasteiger partial charge in [-0.05, 0) is 49.9 Å². The van der Waals surface area contributed by atoms with E-state index in [9.17, 15) is 9.59 Å². The fraction of sp³-hybridized carbons (Fsp3) is 0.583. The maximum Gasteiger partial charge on any atom is 0.337 e. The molecule has 0 spiro atoms. The van der Waals surface area contributed by atoms with Crippen molar-refractivity contribution in [3.05, 3.63) is 41.9 Å². The van der Waals surface area contributed by atoms with Gasteiger partial charge in [-0.1, -0.05) is 12.8 Å². The number of methoxy groups -OCH3 is 1. The molecule has 2 saturated carbocycles. The number of carbonyl (C=O) groups is 2. The van der Waals surface area contributed by atoms with E-state index in [1.165, 1.54) is 39.1 Å². The maximum atomic E-state index is 13.2. The zero-order valence-corrected chi connectivity index (χ0v) is 17.8. The quantitative estimate of drug-likeness (QED) is 0.683. The Kier molecular flexibility index (Phi) is 5.71.